The number of phenolic OH excluding ortho intramolecular Hbond substituents is 2. The van der Waals surface area contributed by atoms with Crippen LogP contribution in [0.5, 0.6) is 11.5 Å². The molecule has 0 radical (unpaired) electrons. The van der Waals surface area contributed by atoms with Crippen molar-refractivity contribution >= 4 is 0 Å². The quantitative estimate of drug-likeness (QED) is 0.889. The molecule has 3 heteroatoms. The molecule has 2 rings (SSSR count). The van der Waals surface area contributed by atoms with Crippen molar-refractivity contribution in [3.05, 3.63) is 58.7 Å². The number of benzene rings is 2. The summed E-state index contributed by atoms with van der Waals surface area (Å²) in [4.78, 5) is 0. The van der Waals surface area contributed by atoms with Crippen LogP contribution >= 0.6 is 0 Å². The molecule has 2 N–H and O–H groups in total. The molecule has 1 unspecified atom stereocenters. The zero-order chi connectivity index (χ0) is 15.4. The first-order valence-electron chi connectivity index (χ1n) is 7.07. The van der Waals surface area contributed by atoms with Gasteiger partial charge in [-0.3, -0.25) is 0 Å². The van der Waals surface area contributed by atoms with Gasteiger partial charge in [-0.2, -0.15) is 5.26 Å². The van der Waals surface area contributed by atoms with Crippen LogP contribution in [0.25, 0.3) is 0 Å². The van der Waals surface area contributed by atoms with Crippen molar-refractivity contribution in [3.8, 4) is 17.6 Å². The molecule has 0 aliphatic carbocycles. The highest BCUT2D eigenvalue weighted by Crippen LogP contribution is 2.34. The fourth-order valence-electron chi connectivity index (χ4n) is 2.52. The summed E-state index contributed by atoms with van der Waals surface area (Å²) < 4.78 is 0. The van der Waals surface area contributed by atoms with Gasteiger partial charge in [0.15, 0.2) is 0 Å². The predicted octanol–water partition coefficient (Wildman–Crippen LogP) is 4.01. The lowest BCUT2D eigenvalue weighted by atomic mass is 9.89. The highest BCUT2D eigenvalue weighted by Gasteiger charge is 2.18. The van der Waals surface area contributed by atoms with Gasteiger partial charge >= 0.3 is 0 Å². The van der Waals surface area contributed by atoms with E-state index in [2.05, 4.69) is 13.0 Å². The van der Waals surface area contributed by atoms with E-state index < -0.39 is 5.92 Å². The molecule has 0 aliphatic rings. The first-order valence-corrected chi connectivity index (χ1v) is 7.07. The summed E-state index contributed by atoms with van der Waals surface area (Å²) in [6, 6.07) is 12.4. The largest absolute Gasteiger partial charge is 0.508 e. The number of hydrogen-bond acceptors (Lipinski definition) is 3. The minimum absolute atomic E-state index is 0.156. The molecule has 0 bridgehead atoms. The van der Waals surface area contributed by atoms with Crippen LogP contribution in [0.4, 0.5) is 0 Å². The van der Waals surface area contributed by atoms with Gasteiger partial charge in [0.1, 0.15) is 11.5 Å². The summed E-state index contributed by atoms with van der Waals surface area (Å²) >= 11 is 0. The Kier molecular flexibility index (Phi) is 4.49. The zero-order valence-electron chi connectivity index (χ0n) is 12.3. The molecule has 0 spiro atoms. The molecule has 0 saturated carbocycles. The minimum atomic E-state index is -0.542. The van der Waals surface area contributed by atoms with E-state index in [9.17, 15) is 15.5 Å². The molecular formula is C18H19NO2. The zero-order valence-corrected chi connectivity index (χ0v) is 12.3. The monoisotopic (exact) mass is 281 g/mol. The molecule has 1 atom stereocenters. The van der Waals surface area contributed by atoms with E-state index in [4.69, 9.17) is 0 Å². The van der Waals surface area contributed by atoms with Gasteiger partial charge in [-0.05, 0) is 48.2 Å². The SMILES string of the molecule is CCCc1cc(O)c(C(C#N)c2ccc(O)cc2)cc1C. The topological polar surface area (TPSA) is 64.2 Å². The van der Waals surface area contributed by atoms with E-state index in [0.29, 0.717) is 5.56 Å². The van der Waals surface area contributed by atoms with Crippen LogP contribution in [0.1, 0.15) is 41.5 Å². The lowest BCUT2D eigenvalue weighted by Crippen LogP contribution is -2.01. The summed E-state index contributed by atoms with van der Waals surface area (Å²) in [7, 11) is 0. The third-order valence-electron chi connectivity index (χ3n) is 3.67. The van der Waals surface area contributed by atoms with Crippen molar-refractivity contribution in [2.24, 2.45) is 0 Å². The molecule has 0 fully saturated rings. The Morgan fingerprint density at radius 3 is 2.38 bits per heavy atom. The molecular weight excluding hydrogens is 262 g/mol. The Balaban J connectivity index is 2.46. The number of nitrogens with zero attached hydrogens (tertiary/aromatic N) is 1. The van der Waals surface area contributed by atoms with Crippen LogP contribution in [0, 0.1) is 18.3 Å². The van der Waals surface area contributed by atoms with Crippen molar-refractivity contribution in [1.29, 1.82) is 5.26 Å². The number of aromatic hydroxyl groups is 2. The summed E-state index contributed by atoms with van der Waals surface area (Å²) in [5, 5.41) is 29.1. The van der Waals surface area contributed by atoms with Crippen molar-refractivity contribution < 1.29 is 10.2 Å². The fraction of sp³-hybridized carbons (Fsp3) is 0.278. The molecule has 108 valence electrons. The van der Waals surface area contributed by atoms with Crippen molar-refractivity contribution in [3.63, 3.8) is 0 Å². The number of aryl methyl sites for hydroxylation is 2. The molecule has 3 nitrogen and oxygen atoms in total. The van der Waals surface area contributed by atoms with Crippen molar-refractivity contribution in [2.75, 3.05) is 0 Å². The van der Waals surface area contributed by atoms with Gasteiger partial charge in [-0.1, -0.05) is 31.5 Å². The van der Waals surface area contributed by atoms with Gasteiger partial charge in [0.2, 0.25) is 0 Å². The van der Waals surface area contributed by atoms with Crippen LogP contribution in [-0.2, 0) is 6.42 Å². The Labute approximate surface area is 125 Å². The Morgan fingerprint density at radius 1 is 1.14 bits per heavy atom. The van der Waals surface area contributed by atoms with E-state index in [0.717, 1.165) is 29.5 Å². The third-order valence-corrected chi connectivity index (χ3v) is 3.67. The second kappa shape index (κ2) is 6.32. The van der Waals surface area contributed by atoms with Crippen molar-refractivity contribution in [2.45, 2.75) is 32.6 Å². The molecule has 21 heavy (non-hydrogen) atoms. The third kappa shape index (κ3) is 3.17. The van der Waals surface area contributed by atoms with Crippen LogP contribution in [-0.4, -0.2) is 10.2 Å². The van der Waals surface area contributed by atoms with Gasteiger partial charge in [0, 0.05) is 5.56 Å². The minimum Gasteiger partial charge on any atom is -0.508 e. The molecule has 0 heterocycles. The highest BCUT2D eigenvalue weighted by atomic mass is 16.3. The smallest absolute Gasteiger partial charge is 0.120 e. The second-order valence-corrected chi connectivity index (χ2v) is 5.24. The fourth-order valence-corrected chi connectivity index (χ4v) is 2.52. The van der Waals surface area contributed by atoms with E-state index in [1.165, 1.54) is 0 Å². The number of nitriles is 1. The number of hydrogen-bond donors (Lipinski definition) is 2. The first-order chi connectivity index (χ1) is 10.1. The molecule has 0 saturated heterocycles. The lowest BCUT2D eigenvalue weighted by molar-refractivity contribution is 0.466. The Morgan fingerprint density at radius 2 is 1.81 bits per heavy atom. The van der Waals surface area contributed by atoms with Crippen LogP contribution < -0.4 is 0 Å². The van der Waals surface area contributed by atoms with Crippen molar-refractivity contribution in [1.82, 2.24) is 0 Å². The highest BCUT2D eigenvalue weighted by molar-refractivity contribution is 5.50. The van der Waals surface area contributed by atoms with Gasteiger partial charge in [0.05, 0.1) is 12.0 Å². The molecule has 0 aromatic heterocycles. The van der Waals surface area contributed by atoms with Gasteiger partial charge in [-0.25, -0.2) is 0 Å². The van der Waals surface area contributed by atoms with E-state index in [1.807, 2.05) is 13.0 Å². The maximum atomic E-state index is 10.3. The Bertz CT molecular complexity index is 669. The van der Waals surface area contributed by atoms with Crippen LogP contribution in [0.3, 0.4) is 0 Å². The Hall–Kier alpha value is -2.47. The van der Waals surface area contributed by atoms with E-state index in [-0.39, 0.29) is 11.5 Å². The average Bonchev–Trinajstić information content (AvgIpc) is 2.47. The number of phenols is 2. The first kappa shape index (κ1) is 14.9. The van der Waals surface area contributed by atoms with Gasteiger partial charge < -0.3 is 10.2 Å². The van der Waals surface area contributed by atoms with Crippen LogP contribution in [0.2, 0.25) is 0 Å². The summed E-state index contributed by atoms with van der Waals surface area (Å²) in [6.45, 7) is 4.10. The molecule has 2 aromatic carbocycles. The summed E-state index contributed by atoms with van der Waals surface area (Å²) in [5.41, 5.74) is 3.57. The molecule has 0 amide bonds. The maximum absolute atomic E-state index is 10.3. The van der Waals surface area contributed by atoms with E-state index in [1.54, 1.807) is 30.3 Å². The summed E-state index contributed by atoms with van der Waals surface area (Å²) in [6.07, 6.45) is 1.93. The summed E-state index contributed by atoms with van der Waals surface area (Å²) in [5.74, 6) is -0.224. The maximum Gasteiger partial charge on any atom is 0.120 e. The normalized spacial score (nSPS) is 11.9. The molecule has 0 aliphatic heterocycles. The molecule has 2 aromatic rings. The predicted molar refractivity (Wildman–Crippen MR) is 82.4 cm³/mol. The van der Waals surface area contributed by atoms with Gasteiger partial charge in [0.25, 0.3) is 0 Å². The standard InChI is InChI=1S/C18H19NO2/c1-3-4-14-10-18(21)16(9-12(14)2)17(11-19)13-5-7-15(20)8-6-13/h5-10,17,20-21H,3-4H2,1-2H3. The van der Waals surface area contributed by atoms with Gasteiger partial charge in [-0.15, -0.1) is 0 Å². The van der Waals surface area contributed by atoms with E-state index >= 15 is 0 Å². The number of rotatable bonds is 4. The average molecular weight is 281 g/mol. The second-order valence-electron chi connectivity index (χ2n) is 5.24. The van der Waals surface area contributed by atoms with Crippen LogP contribution in [0.15, 0.2) is 36.4 Å². The lowest BCUT2D eigenvalue weighted by Gasteiger charge is -2.15.